The van der Waals surface area contributed by atoms with Gasteiger partial charge >= 0.3 is 0 Å². The van der Waals surface area contributed by atoms with Crippen LogP contribution in [0.4, 0.5) is 0 Å². The third-order valence-corrected chi connectivity index (χ3v) is 2.32. The van der Waals surface area contributed by atoms with Gasteiger partial charge in [0.1, 0.15) is 0 Å². The fraction of sp³-hybridized carbons (Fsp3) is 0.200. The molecule has 0 fully saturated rings. The van der Waals surface area contributed by atoms with Crippen LogP contribution in [0.3, 0.4) is 0 Å². The zero-order chi connectivity index (χ0) is 11.8. The van der Waals surface area contributed by atoms with Gasteiger partial charge in [0.05, 0.1) is 6.04 Å². The molecule has 0 radical (unpaired) electrons. The molecule has 2 aromatic carbocycles. The number of hydrogen-bond acceptors (Lipinski definition) is 1. The average Bonchev–Trinajstić information content (AvgIpc) is 2.42. The lowest BCUT2D eigenvalue weighted by Gasteiger charge is -2.11. The fourth-order valence-corrected chi connectivity index (χ4v) is 1.51. The van der Waals surface area contributed by atoms with E-state index in [1.807, 2.05) is 50.2 Å². The quantitative estimate of drug-likeness (QED) is 0.807. The summed E-state index contributed by atoms with van der Waals surface area (Å²) in [6.45, 7) is 4.00. The Balaban J connectivity index is 0.000000606. The van der Waals surface area contributed by atoms with Gasteiger partial charge < -0.3 is 5.73 Å². The summed E-state index contributed by atoms with van der Waals surface area (Å²) in [7, 11) is 0. The summed E-state index contributed by atoms with van der Waals surface area (Å²) >= 11 is 0. The van der Waals surface area contributed by atoms with Crippen molar-refractivity contribution in [3.05, 3.63) is 71.8 Å². The second-order valence-corrected chi connectivity index (χ2v) is 3.30. The van der Waals surface area contributed by atoms with Gasteiger partial charge in [0.2, 0.25) is 0 Å². The molecule has 0 aromatic heterocycles. The van der Waals surface area contributed by atoms with E-state index < -0.39 is 0 Å². The summed E-state index contributed by atoms with van der Waals surface area (Å²) in [6, 6.07) is 20.2. The van der Waals surface area contributed by atoms with Crippen LogP contribution in [-0.2, 0) is 0 Å². The van der Waals surface area contributed by atoms with Crippen molar-refractivity contribution in [3.8, 4) is 0 Å². The normalized spacial score (nSPS) is 9.50. The van der Waals surface area contributed by atoms with Crippen molar-refractivity contribution in [1.82, 2.24) is 0 Å². The molecule has 0 spiro atoms. The highest BCUT2D eigenvalue weighted by Gasteiger charge is 2.06. The molecule has 0 bridgehead atoms. The van der Waals surface area contributed by atoms with Crippen LogP contribution in [0, 0.1) is 0 Å². The molecule has 1 heteroatoms. The molecule has 0 amide bonds. The third kappa shape index (κ3) is 3.21. The maximum absolute atomic E-state index is 6.12. The summed E-state index contributed by atoms with van der Waals surface area (Å²) < 4.78 is 0. The van der Waals surface area contributed by atoms with Crippen LogP contribution < -0.4 is 5.73 Å². The Morgan fingerprint density at radius 3 is 1.31 bits per heavy atom. The van der Waals surface area contributed by atoms with Crippen molar-refractivity contribution < 1.29 is 0 Å². The zero-order valence-electron chi connectivity index (χ0n) is 9.93. The summed E-state index contributed by atoms with van der Waals surface area (Å²) in [5.74, 6) is 0. The van der Waals surface area contributed by atoms with Crippen molar-refractivity contribution in [3.63, 3.8) is 0 Å². The number of rotatable bonds is 2. The largest absolute Gasteiger partial charge is 0.320 e. The van der Waals surface area contributed by atoms with Crippen LogP contribution in [-0.4, -0.2) is 0 Å². The van der Waals surface area contributed by atoms with Gasteiger partial charge in [-0.25, -0.2) is 0 Å². The van der Waals surface area contributed by atoms with Crippen molar-refractivity contribution in [2.75, 3.05) is 0 Å². The van der Waals surface area contributed by atoms with Crippen molar-refractivity contribution >= 4 is 0 Å². The third-order valence-electron chi connectivity index (χ3n) is 2.32. The van der Waals surface area contributed by atoms with E-state index in [9.17, 15) is 0 Å². The Kier molecular flexibility index (Phi) is 5.30. The van der Waals surface area contributed by atoms with Gasteiger partial charge in [0, 0.05) is 0 Å². The van der Waals surface area contributed by atoms with E-state index >= 15 is 0 Å². The van der Waals surface area contributed by atoms with E-state index in [4.69, 9.17) is 5.73 Å². The SMILES string of the molecule is CC.NC(c1ccccc1)c1ccccc1. The van der Waals surface area contributed by atoms with Crippen LogP contribution in [0.1, 0.15) is 31.0 Å². The van der Waals surface area contributed by atoms with Crippen molar-refractivity contribution in [1.29, 1.82) is 0 Å². The summed E-state index contributed by atoms with van der Waals surface area (Å²) in [6.07, 6.45) is 0. The smallest absolute Gasteiger partial charge is 0.0551 e. The maximum Gasteiger partial charge on any atom is 0.0551 e. The first-order valence-electron chi connectivity index (χ1n) is 5.73. The molecule has 0 aliphatic heterocycles. The molecular weight excluding hydrogens is 194 g/mol. The van der Waals surface area contributed by atoms with E-state index in [1.165, 1.54) is 0 Å². The second kappa shape index (κ2) is 6.81. The Hall–Kier alpha value is -1.60. The molecule has 16 heavy (non-hydrogen) atoms. The van der Waals surface area contributed by atoms with Gasteiger partial charge in [-0.05, 0) is 11.1 Å². The van der Waals surface area contributed by atoms with E-state index in [1.54, 1.807) is 0 Å². The van der Waals surface area contributed by atoms with Gasteiger partial charge in [0.15, 0.2) is 0 Å². The minimum absolute atomic E-state index is 0.0163. The summed E-state index contributed by atoms with van der Waals surface area (Å²) in [5.41, 5.74) is 8.42. The predicted octanol–water partition coefficient (Wildman–Crippen LogP) is 3.76. The molecule has 0 unspecified atom stereocenters. The molecule has 0 saturated carbocycles. The Morgan fingerprint density at radius 1 is 0.688 bits per heavy atom. The van der Waals surface area contributed by atoms with Crippen molar-refractivity contribution in [2.24, 2.45) is 5.73 Å². The molecule has 0 saturated heterocycles. The number of nitrogens with two attached hydrogens (primary N) is 1. The molecule has 0 atom stereocenters. The molecular formula is C15H19N. The highest BCUT2D eigenvalue weighted by Crippen LogP contribution is 2.18. The first-order chi connectivity index (χ1) is 7.88. The first-order valence-corrected chi connectivity index (χ1v) is 5.73. The summed E-state index contributed by atoms with van der Waals surface area (Å²) in [5, 5.41) is 0. The predicted molar refractivity (Wildman–Crippen MR) is 70.3 cm³/mol. The Labute approximate surface area is 97.9 Å². The highest BCUT2D eigenvalue weighted by molar-refractivity contribution is 5.30. The lowest BCUT2D eigenvalue weighted by molar-refractivity contribution is 0.871. The van der Waals surface area contributed by atoms with E-state index in [0.717, 1.165) is 11.1 Å². The molecule has 2 N–H and O–H groups in total. The second-order valence-electron chi connectivity index (χ2n) is 3.30. The van der Waals surface area contributed by atoms with Crippen LogP contribution in [0.15, 0.2) is 60.7 Å². The molecule has 0 heterocycles. The van der Waals surface area contributed by atoms with Gasteiger partial charge in [-0.3, -0.25) is 0 Å². The molecule has 0 aliphatic carbocycles. The maximum atomic E-state index is 6.12. The molecule has 2 rings (SSSR count). The lowest BCUT2D eigenvalue weighted by atomic mass is 10.00. The molecule has 0 aliphatic rings. The first kappa shape index (κ1) is 12.5. The van der Waals surface area contributed by atoms with Gasteiger partial charge in [-0.1, -0.05) is 74.5 Å². The minimum Gasteiger partial charge on any atom is -0.320 e. The van der Waals surface area contributed by atoms with Gasteiger partial charge in [-0.2, -0.15) is 0 Å². The summed E-state index contributed by atoms with van der Waals surface area (Å²) in [4.78, 5) is 0. The standard InChI is InChI=1S/C13H13N.C2H6/c14-13(11-7-3-1-4-8-11)12-9-5-2-6-10-12;1-2/h1-10,13H,14H2;1-2H3. The minimum atomic E-state index is -0.0163. The molecule has 84 valence electrons. The average molecular weight is 213 g/mol. The highest BCUT2D eigenvalue weighted by atomic mass is 14.6. The fourth-order valence-electron chi connectivity index (χ4n) is 1.51. The zero-order valence-corrected chi connectivity index (χ0v) is 9.93. The van der Waals surface area contributed by atoms with Crippen LogP contribution in [0.5, 0.6) is 0 Å². The van der Waals surface area contributed by atoms with E-state index in [-0.39, 0.29) is 6.04 Å². The topological polar surface area (TPSA) is 26.0 Å². The van der Waals surface area contributed by atoms with E-state index in [2.05, 4.69) is 24.3 Å². The van der Waals surface area contributed by atoms with E-state index in [0.29, 0.717) is 0 Å². The lowest BCUT2D eigenvalue weighted by Crippen LogP contribution is -2.11. The number of hydrogen-bond donors (Lipinski definition) is 1. The van der Waals surface area contributed by atoms with Crippen LogP contribution >= 0.6 is 0 Å². The molecule has 2 aromatic rings. The van der Waals surface area contributed by atoms with Crippen molar-refractivity contribution in [2.45, 2.75) is 19.9 Å². The van der Waals surface area contributed by atoms with Crippen LogP contribution in [0.25, 0.3) is 0 Å². The Bertz CT molecular complexity index is 341. The Morgan fingerprint density at radius 2 is 1.00 bits per heavy atom. The van der Waals surface area contributed by atoms with Gasteiger partial charge in [-0.15, -0.1) is 0 Å². The monoisotopic (exact) mass is 213 g/mol. The molecule has 1 nitrogen and oxygen atoms in total. The number of benzene rings is 2. The van der Waals surface area contributed by atoms with Crippen LogP contribution in [0.2, 0.25) is 0 Å². The van der Waals surface area contributed by atoms with Gasteiger partial charge in [0.25, 0.3) is 0 Å².